The first kappa shape index (κ1) is 12.0. The van der Waals surface area contributed by atoms with Gasteiger partial charge in [0.05, 0.1) is 11.7 Å². The number of halogens is 3. The number of alkyl halides is 3. The molecule has 2 atom stereocenters. The summed E-state index contributed by atoms with van der Waals surface area (Å²) >= 11 is 0. The van der Waals surface area contributed by atoms with Crippen molar-refractivity contribution >= 4 is 0 Å². The van der Waals surface area contributed by atoms with Gasteiger partial charge in [-0.05, 0) is 18.6 Å². The topological polar surface area (TPSA) is 20.2 Å². The van der Waals surface area contributed by atoms with E-state index in [0.717, 1.165) is 12.1 Å². The zero-order valence-electron chi connectivity index (χ0n) is 8.55. The predicted octanol–water partition coefficient (Wildman–Crippen LogP) is 3.19. The molecule has 1 aromatic rings. The van der Waals surface area contributed by atoms with Gasteiger partial charge in [0.2, 0.25) is 0 Å². The molecule has 0 amide bonds. The number of aliphatic hydroxyl groups excluding tert-OH is 1. The minimum Gasteiger partial charge on any atom is -0.393 e. The molecule has 0 heterocycles. The lowest BCUT2D eigenvalue weighted by molar-refractivity contribution is -0.137. The fourth-order valence-corrected chi connectivity index (χ4v) is 1.28. The summed E-state index contributed by atoms with van der Waals surface area (Å²) in [5.74, 6) is -0.299. The first-order chi connectivity index (χ1) is 6.82. The van der Waals surface area contributed by atoms with E-state index in [9.17, 15) is 18.3 Å². The third-order valence-corrected chi connectivity index (χ3v) is 2.46. The summed E-state index contributed by atoms with van der Waals surface area (Å²) in [6.45, 7) is 3.26. The highest BCUT2D eigenvalue weighted by Gasteiger charge is 2.30. The first-order valence-electron chi connectivity index (χ1n) is 4.67. The van der Waals surface area contributed by atoms with Crippen LogP contribution in [0.25, 0.3) is 0 Å². The predicted molar refractivity (Wildman–Crippen MR) is 51.5 cm³/mol. The molecule has 4 heteroatoms. The Labute approximate surface area is 86.5 Å². The lowest BCUT2D eigenvalue weighted by atomic mass is 9.95. The van der Waals surface area contributed by atoms with E-state index in [-0.39, 0.29) is 5.92 Å². The van der Waals surface area contributed by atoms with Crippen LogP contribution in [0.1, 0.15) is 30.9 Å². The molecule has 1 aromatic carbocycles. The molecule has 0 radical (unpaired) electrons. The van der Waals surface area contributed by atoms with Crippen molar-refractivity contribution in [1.82, 2.24) is 0 Å². The van der Waals surface area contributed by atoms with E-state index in [0.29, 0.717) is 5.56 Å². The zero-order valence-corrected chi connectivity index (χ0v) is 8.55. The molecule has 0 saturated carbocycles. The summed E-state index contributed by atoms with van der Waals surface area (Å²) in [5, 5.41) is 9.29. The maximum Gasteiger partial charge on any atom is 0.416 e. The average Bonchev–Trinajstić information content (AvgIpc) is 2.15. The van der Waals surface area contributed by atoms with Crippen LogP contribution in [0, 0.1) is 0 Å². The average molecular weight is 218 g/mol. The van der Waals surface area contributed by atoms with Crippen LogP contribution in [0.5, 0.6) is 0 Å². The van der Waals surface area contributed by atoms with Crippen LogP contribution < -0.4 is 0 Å². The Morgan fingerprint density at radius 3 is 2.27 bits per heavy atom. The van der Waals surface area contributed by atoms with E-state index >= 15 is 0 Å². The van der Waals surface area contributed by atoms with Crippen molar-refractivity contribution in [2.75, 3.05) is 0 Å². The van der Waals surface area contributed by atoms with Crippen molar-refractivity contribution < 1.29 is 18.3 Å². The van der Waals surface area contributed by atoms with Gasteiger partial charge in [-0.25, -0.2) is 0 Å². The summed E-state index contributed by atoms with van der Waals surface area (Å²) < 4.78 is 37.1. The molecule has 1 unspecified atom stereocenters. The monoisotopic (exact) mass is 218 g/mol. The molecule has 0 spiro atoms. The molecule has 0 aliphatic rings. The Kier molecular flexibility index (Phi) is 3.39. The van der Waals surface area contributed by atoms with Gasteiger partial charge in [0.25, 0.3) is 0 Å². The van der Waals surface area contributed by atoms with Crippen molar-refractivity contribution in [3.63, 3.8) is 0 Å². The molecule has 0 aliphatic heterocycles. The summed E-state index contributed by atoms with van der Waals surface area (Å²) in [6, 6.07) is 5.05. The summed E-state index contributed by atoms with van der Waals surface area (Å²) in [5.41, 5.74) is -0.174. The van der Waals surface area contributed by atoms with Crippen molar-refractivity contribution in [2.24, 2.45) is 0 Å². The third kappa shape index (κ3) is 2.96. The molecular weight excluding hydrogens is 205 g/mol. The fraction of sp³-hybridized carbons (Fsp3) is 0.455. The van der Waals surface area contributed by atoms with Gasteiger partial charge in [0.15, 0.2) is 0 Å². The maximum atomic E-state index is 12.4. The second kappa shape index (κ2) is 4.23. The molecule has 0 saturated heterocycles. The van der Waals surface area contributed by atoms with Crippen LogP contribution in [0.2, 0.25) is 0 Å². The number of hydrogen-bond acceptors (Lipinski definition) is 1. The molecule has 0 aliphatic carbocycles. The van der Waals surface area contributed by atoms with Gasteiger partial charge < -0.3 is 5.11 Å². The highest BCUT2D eigenvalue weighted by molar-refractivity contribution is 5.28. The standard InChI is InChI=1S/C11H13F3O/c1-7(8(2)15)9-4-3-5-10(6-9)11(12,13)14/h3-8,15H,1-2H3/t7?,8-/m1/s1. The van der Waals surface area contributed by atoms with Crippen molar-refractivity contribution in [3.05, 3.63) is 35.4 Å². The van der Waals surface area contributed by atoms with Gasteiger partial charge in [-0.3, -0.25) is 0 Å². The van der Waals surface area contributed by atoms with Crippen molar-refractivity contribution in [3.8, 4) is 0 Å². The lowest BCUT2D eigenvalue weighted by Gasteiger charge is -2.16. The van der Waals surface area contributed by atoms with Crippen molar-refractivity contribution in [1.29, 1.82) is 0 Å². The van der Waals surface area contributed by atoms with Crippen LogP contribution in [-0.4, -0.2) is 11.2 Å². The Balaban J connectivity index is 3.03. The number of benzene rings is 1. The summed E-state index contributed by atoms with van der Waals surface area (Å²) in [6.07, 6.45) is -4.98. The molecule has 0 aromatic heterocycles. The maximum absolute atomic E-state index is 12.4. The van der Waals surface area contributed by atoms with Gasteiger partial charge >= 0.3 is 6.18 Å². The van der Waals surface area contributed by atoms with Gasteiger partial charge in [-0.2, -0.15) is 13.2 Å². The molecule has 0 bridgehead atoms. The van der Waals surface area contributed by atoms with Crippen molar-refractivity contribution in [2.45, 2.75) is 32.0 Å². The normalized spacial score (nSPS) is 16.1. The SMILES string of the molecule is CC(c1cccc(C(F)(F)F)c1)[C@@H](C)O. The molecule has 15 heavy (non-hydrogen) atoms. The van der Waals surface area contributed by atoms with Gasteiger partial charge in [-0.15, -0.1) is 0 Å². The highest BCUT2D eigenvalue weighted by atomic mass is 19.4. The van der Waals surface area contributed by atoms with E-state index in [2.05, 4.69) is 0 Å². The number of aliphatic hydroxyl groups is 1. The van der Waals surface area contributed by atoms with E-state index in [1.165, 1.54) is 6.07 Å². The molecule has 1 rings (SSSR count). The largest absolute Gasteiger partial charge is 0.416 e. The molecule has 84 valence electrons. The third-order valence-electron chi connectivity index (χ3n) is 2.46. The van der Waals surface area contributed by atoms with Crippen LogP contribution in [-0.2, 0) is 6.18 Å². The Morgan fingerprint density at radius 2 is 1.80 bits per heavy atom. The highest BCUT2D eigenvalue weighted by Crippen LogP contribution is 2.31. The van der Waals surface area contributed by atoms with Crippen LogP contribution in [0.4, 0.5) is 13.2 Å². The number of rotatable bonds is 2. The molecular formula is C11H13F3O. The van der Waals surface area contributed by atoms with E-state index in [1.54, 1.807) is 19.9 Å². The van der Waals surface area contributed by atoms with Crippen LogP contribution in [0.3, 0.4) is 0 Å². The summed E-state index contributed by atoms with van der Waals surface area (Å²) in [7, 11) is 0. The van der Waals surface area contributed by atoms with Crippen LogP contribution in [0.15, 0.2) is 24.3 Å². The van der Waals surface area contributed by atoms with Gasteiger partial charge in [0, 0.05) is 5.92 Å². The fourth-order valence-electron chi connectivity index (χ4n) is 1.28. The van der Waals surface area contributed by atoms with Gasteiger partial charge in [0.1, 0.15) is 0 Å². The quantitative estimate of drug-likeness (QED) is 0.808. The second-order valence-electron chi connectivity index (χ2n) is 3.65. The Bertz CT molecular complexity index is 331. The lowest BCUT2D eigenvalue weighted by Crippen LogP contribution is -2.12. The zero-order chi connectivity index (χ0) is 11.6. The van der Waals surface area contributed by atoms with Gasteiger partial charge in [-0.1, -0.05) is 25.1 Å². The van der Waals surface area contributed by atoms with E-state index < -0.39 is 17.8 Å². The van der Waals surface area contributed by atoms with Crippen LogP contribution >= 0.6 is 0 Å². The van der Waals surface area contributed by atoms with E-state index in [4.69, 9.17) is 0 Å². The first-order valence-corrected chi connectivity index (χ1v) is 4.67. The number of hydrogen-bond donors (Lipinski definition) is 1. The molecule has 1 nitrogen and oxygen atoms in total. The smallest absolute Gasteiger partial charge is 0.393 e. The second-order valence-corrected chi connectivity index (χ2v) is 3.65. The minimum absolute atomic E-state index is 0.299. The summed E-state index contributed by atoms with van der Waals surface area (Å²) in [4.78, 5) is 0. The minimum atomic E-state index is -4.32. The molecule has 1 N–H and O–H groups in total. The van der Waals surface area contributed by atoms with E-state index in [1.807, 2.05) is 0 Å². The Hall–Kier alpha value is -1.03. The Morgan fingerprint density at radius 1 is 1.20 bits per heavy atom. The molecule has 0 fully saturated rings.